The molecule has 0 unspecified atom stereocenters. The highest BCUT2D eigenvalue weighted by Crippen LogP contribution is 2.34. The Kier molecular flexibility index (Phi) is 6.14. The average Bonchev–Trinajstić information content (AvgIpc) is 3.34. The van der Waals surface area contributed by atoms with Crippen LogP contribution in [0.5, 0.6) is 0 Å². The zero-order valence-electron chi connectivity index (χ0n) is 18.0. The van der Waals surface area contributed by atoms with E-state index in [0.717, 1.165) is 37.1 Å². The van der Waals surface area contributed by atoms with Crippen LogP contribution in [-0.2, 0) is 26.7 Å². The van der Waals surface area contributed by atoms with Gasteiger partial charge >= 0.3 is 0 Å². The zero-order valence-corrected chi connectivity index (χ0v) is 18.0. The van der Waals surface area contributed by atoms with Gasteiger partial charge in [-0.1, -0.05) is 43.5 Å². The van der Waals surface area contributed by atoms with E-state index >= 15 is 0 Å². The van der Waals surface area contributed by atoms with Crippen LogP contribution in [-0.4, -0.2) is 31.3 Å². The van der Waals surface area contributed by atoms with Crippen LogP contribution in [0.2, 0.25) is 0 Å². The Balaban J connectivity index is 1.49. The van der Waals surface area contributed by atoms with Crippen molar-refractivity contribution in [1.82, 2.24) is 24.2 Å². The molecule has 4 rings (SSSR count). The summed E-state index contributed by atoms with van der Waals surface area (Å²) in [6.45, 7) is 4.79. The molecule has 0 aliphatic heterocycles. The van der Waals surface area contributed by atoms with Crippen molar-refractivity contribution >= 4 is 0 Å². The number of hydrogen-bond donors (Lipinski definition) is 0. The Bertz CT molecular complexity index is 915. The van der Waals surface area contributed by atoms with Gasteiger partial charge < -0.3 is 4.57 Å². The van der Waals surface area contributed by atoms with Crippen LogP contribution in [0.4, 0.5) is 0 Å². The smallest absolute Gasteiger partial charge is 0.122 e. The second-order valence-corrected chi connectivity index (χ2v) is 8.44. The van der Waals surface area contributed by atoms with E-state index in [2.05, 4.69) is 58.9 Å². The van der Waals surface area contributed by atoms with Gasteiger partial charge in [-0.3, -0.25) is 9.58 Å². The normalized spacial score (nSPS) is 15.3. The van der Waals surface area contributed by atoms with Gasteiger partial charge in [-0.15, -0.1) is 0 Å². The van der Waals surface area contributed by atoms with Gasteiger partial charge in [0.2, 0.25) is 0 Å². The molecule has 0 atom stereocenters. The van der Waals surface area contributed by atoms with Gasteiger partial charge in [-0.2, -0.15) is 5.10 Å². The maximum Gasteiger partial charge on any atom is 0.122 e. The standard InChI is InChI=1S/C24H33N5/c1-4-29-15-14-25-23(29)18-27(2)16-22-17-28(3)26-24(22)21-12-10-20(11-13-21)19-8-6-5-7-9-19/h10-15,17,19H,4-9,16,18H2,1-3H3. The SMILES string of the molecule is CCn1ccnc1CN(C)Cc1cn(C)nc1-c1ccc(C2CCCCC2)cc1. The van der Waals surface area contributed by atoms with Crippen LogP contribution in [0.1, 0.15) is 61.9 Å². The van der Waals surface area contributed by atoms with Crippen molar-refractivity contribution < 1.29 is 0 Å². The Morgan fingerprint density at radius 1 is 1.07 bits per heavy atom. The van der Waals surface area contributed by atoms with Crippen molar-refractivity contribution in [3.05, 3.63) is 59.8 Å². The number of imidazole rings is 1. The van der Waals surface area contributed by atoms with E-state index in [1.54, 1.807) is 0 Å². The number of aryl methyl sites for hydroxylation is 2. The Morgan fingerprint density at radius 2 is 1.83 bits per heavy atom. The van der Waals surface area contributed by atoms with Gasteiger partial charge in [-0.05, 0) is 38.3 Å². The van der Waals surface area contributed by atoms with Crippen molar-refractivity contribution in [3.63, 3.8) is 0 Å². The average molecular weight is 392 g/mol. The van der Waals surface area contributed by atoms with Crippen LogP contribution in [0.3, 0.4) is 0 Å². The van der Waals surface area contributed by atoms with Crippen molar-refractivity contribution in [2.75, 3.05) is 7.05 Å². The topological polar surface area (TPSA) is 38.9 Å². The van der Waals surface area contributed by atoms with Crippen molar-refractivity contribution in [2.45, 2.75) is 64.6 Å². The minimum Gasteiger partial charge on any atom is -0.334 e. The minimum absolute atomic E-state index is 0.745. The van der Waals surface area contributed by atoms with E-state index in [1.807, 2.05) is 24.1 Å². The van der Waals surface area contributed by atoms with E-state index in [0.29, 0.717) is 0 Å². The molecule has 1 saturated carbocycles. The molecule has 0 saturated heterocycles. The molecule has 0 bridgehead atoms. The van der Waals surface area contributed by atoms with Crippen molar-refractivity contribution in [2.24, 2.45) is 7.05 Å². The molecule has 2 heterocycles. The molecule has 5 nitrogen and oxygen atoms in total. The largest absolute Gasteiger partial charge is 0.334 e. The van der Waals surface area contributed by atoms with Gasteiger partial charge in [0, 0.05) is 49.9 Å². The summed E-state index contributed by atoms with van der Waals surface area (Å²) in [6, 6.07) is 9.18. The Labute approximate surface area is 174 Å². The van der Waals surface area contributed by atoms with Gasteiger partial charge in [0.15, 0.2) is 0 Å². The Morgan fingerprint density at radius 3 is 2.55 bits per heavy atom. The second-order valence-electron chi connectivity index (χ2n) is 8.44. The van der Waals surface area contributed by atoms with E-state index in [4.69, 9.17) is 5.10 Å². The first-order chi connectivity index (χ1) is 14.1. The fourth-order valence-corrected chi connectivity index (χ4v) is 4.61. The van der Waals surface area contributed by atoms with Crippen LogP contribution < -0.4 is 0 Å². The fraction of sp³-hybridized carbons (Fsp3) is 0.500. The van der Waals surface area contributed by atoms with Gasteiger partial charge in [0.1, 0.15) is 5.82 Å². The summed E-state index contributed by atoms with van der Waals surface area (Å²) >= 11 is 0. The lowest BCUT2D eigenvalue weighted by molar-refractivity contribution is 0.306. The molecule has 5 heteroatoms. The summed E-state index contributed by atoms with van der Waals surface area (Å²) in [5, 5.41) is 4.78. The number of aromatic nitrogens is 4. The molecule has 0 spiro atoms. The van der Waals surface area contributed by atoms with Crippen LogP contribution in [0.25, 0.3) is 11.3 Å². The predicted molar refractivity (Wildman–Crippen MR) is 118 cm³/mol. The quantitative estimate of drug-likeness (QED) is 0.570. The highest BCUT2D eigenvalue weighted by Gasteiger charge is 2.17. The van der Waals surface area contributed by atoms with Crippen LogP contribution in [0, 0.1) is 0 Å². The van der Waals surface area contributed by atoms with Crippen molar-refractivity contribution in [1.29, 1.82) is 0 Å². The molecule has 1 aromatic carbocycles. The molecule has 154 valence electrons. The number of nitrogens with zero attached hydrogens (tertiary/aromatic N) is 5. The van der Waals surface area contributed by atoms with E-state index in [9.17, 15) is 0 Å². The molecule has 29 heavy (non-hydrogen) atoms. The first kappa shape index (κ1) is 19.9. The third kappa shape index (κ3) is 4.61. The maximum absolute atomic E-state index is 4.78. The van der Waals surface area contributed by atoms with Crippen molar-refractivity contribution in [3.8, 4) is 11.3 Å². The predicted octanol–water partition coefficient (Wildman–Crippen LogP) is 4.98. The molecule has 0 N–H and O–H groups in total. The third-order valence-electron chi connectivity index (χ3n) is 6.16. The van der Waals surface area contributed by atoms with E-state index < -0.39 is 0 Å². The molecular weight excluding hydrogens is 358 g/mol. The zero-order chi connectivity index (χ0) is 20.2. The Hall–Kier alpha value is -2.40. The van der Waals surface area contributed by atoms with Gasteiger partial charge in [-0.25, -0.2) is 4.98 Å². The molecule has 0 radical (unpaired) electrons. The molecule has 1 aliphatic rings. The number of benzene rings is 1. The lowest BCUT2D eigenvalue weighted by Gasteiger charge is -2.22. The maximum atomic E-state index is 4.78. The van der Waals surface area contributed by atoms with E-state index in [-0.39, 0.29) is 0 Å². The van der Waals surface area contributed by atoms with E-state index in [1.165, 1.54) is 48.8 Å². The fourth-order valence-electron chi connectivity index (χ4n) is 4.61. The summed E-state index contributed by atoms with van der Waals surface area (Å²) in [5.74, 6) is 1.85. The van der Waals surface area contributed by atoms with Crippen LogP contribution >= 0.6 is 0 Å². The van der Waals surface area contributed by atoms with Crippen LogP contribution in [0.15, 0.2) is 42.9 Å². The monoisotopic (exact) mass is 391 g/mol. The molecule has 3 aromatic rings. The summed E-state index contributed by atoms with van der Waals surface area (Å²) < 4.78 is 4.13. The number of rotatable bonds is 7. The third-order valence-corrected chi connectivity index (χ3v) is 6.16. The number of hydrogen-bond acceptors (Lipinski definition) is 3. The molecule has 1 aliphatic carbocycles. The first-order valence-electron chi connectivity index (χ1n) is 11.0. The summed E-state index contributed by atoms with van der Waals surface area (Å²) in [7, 11) is 4.16. The molecule has 2 aromatic heterocycles. The van der Waals surface area contributed by atoms with Gasteiger partial charge in [0.05, 0.1) is 12.2 Å². The van der Waals surface area contributed by atoms with Gasteiger partial charge in [0.25, 0.3) is 0 Å². The highest BCUT2D eigenvalue weighted by molar-refractivity contribution is 5.63. The summed E-state index contributed by atoms with van der Waals surface area (Å²) in [5.41, 5.74) is 5.06. The highest BCUT2D eigenvalue weighted by atomic mass is 15.3. The summed E-state index contributed by atoms with van der Waals surface area (Å²) in [6.07, 6.45) is 12.9. The second kappa shape index (κ2) is 8.95. The molecule has 1 fully saturated rings. The molecular formula is C24H33N5. The molecule has 0 amide bonds. The lowest BCUT2D eigenvalue weighted by Crippen LogP contribution is -2.20. The minimum atomic E-state index is 0.745. The lowest BCUT2D eigenvalue weighted by atomic mass is 9.84. The summed E-state index contributed by atoms with van der Waals surface area (Å²) in [4.78, 5) is 6.82. The first-order valence-corrected chi connectivity index (χ1v) is 11.0.